The van der Waals surface area contributed by atoms with Gasteiger partial charge in [-0.05, 0) is 43.2 Å². The number of methoxy groups -OCH3 is 1. The summed E-state index contributed by atoms with van der Waals surface area (Å²) in [5.74, 6) is 0.327. The standard InChI is InChI=1S/C24H23NO7S/c1-3-31-18-9-8-14(12-19(18)30-2)21-20-22(26)16-6-4-5-7-17(16)32-23(20)24(27)25(21)15-10-11-33(28,29)13-15/h4-9,12,15,21H,3,10-11,13H2,1-2H3. The van der Waals surface area contributed by atoms with Crippen molar-refractivity contribution in [3.63, 3.8) is 0 Å². The van der Waals surface area contributed by atoms with E-state index in [0.29, 0.717) is 41.1 Å². The van der Waals surface area contributed by atoms with E-state index in [-0.39, 0.29) is 28.3 Å². The highest BCUT2D eigenvalue weighted by Gasteiger charge is 2.48. The van der Waals surface area contributed by atoms with E-state index in [0.717, 1.165) is 0 Å². The number of hydrogen-bond donors (Lipinski definition) is 0. The van der Waals surface area contributed by atoms with Crippen LogP contribution in [0.5, 0.6) is 11.5 Å². The molecule has 33 heavy (non-hydrogen) atoms. The number of sulfone groups is 1. The maximum Gasteiger partial charge on any atom is 0.291 e. The fourth-order valence-corrected chi connectivity index (χ4v) is 6.48. The lowest BCUT2D eigenvalue weighted by Gasteiger charge is -2.30. The van der Waals surface area contributed by atoms with Gasteiger partial charge in [0.25, 0.3) is 5.91 Å². The van der Waals surface area contributed by atoms with Gasteiger partial charge in [0.1, 0.15) is 5.58 Å². The fraction of sp³-hybridized carbons (Fsp3) is 0.333. The van der Waals surface area contributed by atoms with Gasteiger partial charge in [-0.2, -0.15) is 0 Å². The quantitative estimate of drug-likeness (QED) is 0.566. The molecule has 9 heteroatoms. The van der Waals surface area contributed by atoms with E-state index in [9.17, 15) is 18.0 Å². The molecule has 0 spiro atoms. The van der Waals surface area contributed by atoms with Crippen molar-refractivity contribution >= 4 is 26.7 Å². The molecule has 2 aromatic carbocycles. The average molecular weight is 470 g/mol. The van der Waals surface area contributed by atoms with Gasteiger partial charge in [-0.15, -0.1) is 0 Å². The van der Waals surface area contributed by atoms with E-state index in [1.165, 1.54) is 12.0 Å². The molecule has 3 heterocycles. The van der Waals surface area contributed by atoms with E-state index in [1.807, 2.05) is 6.92 Å². The van der Waals surface area contributed by atoms with Crippen molar-refractivity contribution in [3.05, 3.63) is 69.6 Å². The largest absolute Gasteiger partial charge is 0.493 e. The number of nitrogens with zero attached hydrogens (tertiary/aromatic N) is 1. The zero-order valence-electron chi connectivity index (χ0n) is 18.2. The molecule has 1 saturated heterocycles. The summed E-state index contributed by atoms with van der Waals surface area (Å²) in [6.45, 7) is 2.31. The van der Waals surface area contributed by atoms with Crippen molar-refractivity contribution in [2.45, 2.75) is 25.4 Å². The summed E-state index contributed by atoms with van der Waals surface area (Å²) in [6, 6.07) is 10.6. The molecule has 0 bridgehead atoms. The number of para-hydroxylation sites is 1. The number of amides is 1. The number of carbonyl (C=O) groups is 1. The van der Waals surface area contributed by atoms with Gasteiger partial charge >= 0.3 is 0 Å². The minimum absolute atomic E-state index is 0.000458. The first-order valence-electron chi connectivity index (χ1n) is 10.7. The van der Waals surface area contributed by atoms with Crippen LogP contribution in [0, 0.1) is 0 Å². The molecule has 2 aliphatic heterocycles. The van der Waals surface area contributed by atoms with E-state index < -0.39 is 27.8 Å². The van der Waals surface area contributed by atoms with Gasteiger partial charge in [-0.3, -0.25) is 9.59 Å². The molecular weight excluding hydrogens is 446 g/mol. The Morgan fingerprint density at radius 1 is 1.12 bits per heavy atom. The van der Waals surface area contributed by atoms with Gasteiger partial charge in [0.15, 0.2) is 26.8 Å². The van der Waals surface area contributed by atoms with Crippen molar-refractivity contribution in [2.75, 3.05) is 25.2 Å². The Labute approximate surface area is 190 Å². The van der Waals surface area contributed by atoms with Gasteiger partial charge in [0, 0.05) is 6.04 Å². The molecule has 0 radical (unpaired) electrons. The number of fused-ring (bicyclic) bond motifs is 2. The zero-order valence-corrected chi connectivity index (χ0v) is 19.1. The Morgan fingerprint density at radius 3 is 2.61 bits per heavy atom. The van der Waals surface area contributed by atoms with Gasteiger partial charge in [0.2, 0.25) is 5.76 Å². The van der Waals surface area contributed by atoms with E-state index in [4.69, 9.17) is 13.9 Å². The average Bonchev–Trinajstić information content (AvgIpc) is 3.31. The summed E-state index contributed by atoms with van der Waals surface area (Å²) >= 11 is 0. The van der Waals surface area contributed by atoms with Crippen LogP contribution >= 0.6 is 0 Å². The third-order valence-corrected chi connectivity index (χ3v) is 7.97. The molecule has 0 N–H and O–H groups in total. The predicted molar refractivity (Wildman–Crippen MR) is 122 cm³/mol. The molecule has 2 aliphatic rings. The first-order valence-corrected chi connectivity index (χ1v) is 12.6. The molecule has 8 nitrogen and oxygen atoms in total. The van der Waals surface area contributed by atoms with Gasteiger partial charge in [-0.1, -0.05) is 18.2 Å². The van der Waals surface area contributed by atoms with Gasteiger partial charge in [-0.25, -0.2) is 8.42 Å². The first-order chi connectivity index (χ1) is 15.8. The van der Waals surface area contributed by atoms with Crippen LogP contribution in [-0.4, -0.2) is 50.5 Å². The van der Waals surface area contributed by atoms with Crippen LogP contribution in [0.25, 0.3) is 11.0 Å². The van der Waals surface area contributed by atoms with Crippen LogP contribution < -0.4 is 14.9 Å². The summed E-state index contributed by atoms with van der Waals surface area (Å²) in [5.41, 5.74) is 0.850. The Morgan fingerprint density at radius 2 is 1.91 bits per heavy atom. The first kappa shape index (κ1) is 21.5. The number of carbonyl (C=O) groups excluding carboxylic acids is 1. The van der Waals surface area contributed by atoms with Crippen molar-refractivity contribution < 1.29 is 27.1 Å². The number of hydrogen-bond acceptors (Lipinski definition) is 7. The minimum atomic E-state index is -3.27. The molecule has 172 valence electrons. The van der Waals surface area contributed by atoms with Crippen molar-refractivity contribution in [2.24, 2.45) is 0 Å². The second-order valence-electron chi connectivity index (χ2n) is 8.19. The van der Waals surface area contributed by atoms with Crippen molar-refractivity contribution in [1.82, 2.24) is 4.90 Å². The smallest absolute Gasteiger partial charge is 0.291 e. The van der Waals surface area contributed by atoms with Crippen molar-refractivity contribution in [3.8, 4) is 11.5 Å². The minimum Gasteiger partial charge on any atom is -0.493 e. The van der Waals surface area contributed by atoms with Crippen LogP contribution in [0.1, 0.15) is 41.1 Å². The lowest BCUT2D eigenvalue weighted by Crippen LogP contribution is -2.40. The van der Waals surface area contributed by atoms with Gasteiger partial charge < -0.3 is 18.8 Å². The molecule has 0 aliphatic carbocycles. The maximum atomic E-state index is 13.5. The van der Waals surface area contributed by atoms with Crippen LogP contribution in [0.15, 0.2) is 51.7 Å². The monoisotopic (exact) mass is 469 g/mol. The van der Waals surface area contributed by atoms with Gasteiger partial charge in [0.05, 0.1) is 42.2 Å². The van der Waals surface area contributed by atoms with Crippen LogP contribution in [0.3, 0.4) is 0 Å². The molecule has 2 atom stereocenters. The third-order valence-electron chi connectivity index (χ3n) is 6.22. The summed E-state index contributed by atoms with van der Waals surface area (Å²) in [5, 5.41) is 0.368. The Bertz CT molecular complexity index is 1430. The van der Waals surface area contributed by atoms with E-state index >= 15 is 0 Å². The molecule has 0 saturated carbocycles. The molecule has 1 amide bonds. The Hall–Kier alpha value is -3.33. The van der Waals surface area contributed by atoms with E-state index in [1.54, 1.807) is 42.5 Å². The SMILES string of the molecule is CCOc1ccc(C2c3c(oc4ccccc4c3=O)C(=O)N2C2CCS(=O)(=O)C2)cc1OC. The molecule has 1 aromatic heterocycles. The highest BCUT2D eigenvalue weighted by molar-refractivity contribution is 7.91. The summed E-state index contributed by atoms with van der Waals surface area (Å²) in [7, 11) is -1.76. The summed E-state index contributed by atoms with van der Waals surface area (Å²) in [4.78, 5) is 28.6. The molecule has 3 aromatic rings. The normalized spacial score (nSPS) is 21.4. The maximum absolute atomic E-state index is 13.5. The molecule has 1 fully saturated rings. The topological polar surface area (TPSA) is 103 Å². The highest BCUT2D eigenvalue weighted by atomic mass is 32.2. The second-order valence-corrected chi connectivity index (χ2v) is 10.4. The number of rotatable bonds is 5. The Kier molecular flexibility index (Phi) is 5.16. The number of benzene rings is 2. The lowest BCUT2D eigenvalue weighted by molar-refractivity contribution is 0.0662. The second kappa shape index (κ2) is 7.91. The predicted octanol–water partition coefficient (Wildman–Crippen LogP) is 2.93. The van der Waals surface area contributed by atoms with E-state index in [2.05, 4.69) is 0 Å². The summed E-state index contributed by atoms with van der Waals surface area (Å²) < 4.78 is 41.5. The zero-order chi connectivity index (χ0) is 23.3. The molecule has 2 unspecified atom stereocenters. The van der Waals surface area contributed by atoms with Crippen molar-refractivity contribution in [1.29, 1.82) is 0 Å². The third kappa shape index (κ3) is 3.47. The molecule has 5 rings (SSSR count). The fourth-order valence-electron chi connectivity index (χ4n) is 4.76. The lowest BCUT2D eigenvalue weighted by atomic mass is 9.97. The van der Waals surface area contributed by atoms with Crippen LogP contribution in [0.2, 0.25) is 0 Å². The number of ether oxygens (including phenoxy) is 2. The Balaban J connectivity index is 1.73. The molecular formula is C24H23NO7S. The van der Waals surface area contributed by atoms with Crippen LogP contribution in [0.4, 0.5) is 0 Å². The van der Waals surface area contributed by atoms with Crippen LogP contribution in [-0.2, 0) is 9.84 Å². The highest BCUT2D eigenvalue weighted by Crippen LogP contribution is 2.43. The summed E-state index contributed by atoms with van der Waals surface area (Å²) in [6.07, 6.45) is 0.306.